The van der Waals surface area contributed by atoms with Crippen molar-refractivity contribution in [3.8, 4) is 0 Å². The third kappa shape index (κ3) is 2.33. The second kappa shape index (κ2) is 3.23. The van der Waals surface area contributed by atoms with Gasteiger partial charge in [0.1, 0.15) is 12.4 Å². The van der Waals surface area contributed by atoms with Gasteiger partial charge in [-0.2, -0.15) is 13.9 Å². The average Bonchev–Trinajstić information content (AvgIpc) is 2.34. The molecule has 0 fully saturated rings. The van der Waals surface area contributed by atoms with Gasteiger partial charge in [-0.25, -0.2) is 8.78 Å². The molecule has 0 aliphatic rings. The van der Waals surface area contributed by atoms with Crippen LogP contribution in [0.4, 0.5) is 23.4 Å². The summed E-state index contributed by atoms with van der Waals surface area (Å²) in [5.74, 6) is -4.05. The summed E-state index contributed by atoms with van der Waals surface area (Å²) in [6.45, 7) is -1.16. The Hall–Kier alpha value is -1.27. The number of hydrogen-bond acceptors (Lipinski definition) is 2. The smallest absolute Gasteiger partial charge is 0.326 e. The number of hydrogen-bond donors (Lipinski definition) is 1. The third-order valence-corrected chi connectivity index (χ3v) is 1.35. The summed E-state index contributed by atoms with van der Waals surface area (Å²) < 4.78 is 48.8. The molecule has 0 unspecified atom stereocenters. The van der Waals surface area contributed by atoms with Crippen molar-refractivity contribution in [2.75, 3.05) is 5.73 Å². The molecular formula is C6H7F4N3. The van der Waals surface area contributed by atoms with Crippen LogP contribution >= 0.6 is 0 Å². The molecule has 7 heteroatoms. The van der Waals surface area contributed by atoms with E-state index < -0.39 is 18.9 Å². The van der Waals surface area contributed by atoms with E-state index in [9.17, 15) is 17.6 Å². The minimum absolute atomic E-state index is 0.0186. The molecule has 0 atom stereocenters. The molecule has 2 N–H and O–H groups in total. The van der Waals surface area contributed by atoms with Crippen LogP contribution in [-0.4, -0.2) is 22.1 Å². The average molecular weight is 197 g/mol. The molecule has 1 aromatic heterocycles. The second-order valence-corrected chi connectivity index (χ2v) is 2.50. The van der Waals surface area contributed by atoms with Crippen LogP contribution in [0.15, 0.2) is 12.3 Å². The molecule has 74 valence electrons. The molecule has 3 nitrogen and oxygen atoms in total. The monoisotopic (exact) mass is 197 g/mol. The Bertz CT molecular complexity index is 283. The predicted octanol–water partition coefficient (Wildman–Crippen LogP) is 1.37. The van der Waals surface area contributed by atoms with Crippen molar-refractivity contribution in [3.05, 3.63) is 12.3 Å². The molecular weight excluding hydrogens is 190 g/mol. The van der Waals surface area contributed by atoms with Gasteiger partial charge in [0.2, 0.25) is 0 Å². The molecule has 0 radical (unpaired) electrons. The van der Waals surface area contributed by atoms with Crippen LogP contribution in [0.3, 0.4) is 0 Å². The molecule has 0 aliphatic heterocycles. The molecule has 1 aromatic rings. The summed E-state index contributed by atoms with van der Waals surface area (Å²) in [5.41, 5.74) is 5.11. The van der Waals surface area contributed by atoms with Crippen LogP contribution < -0.4 is 5.73 Å². The number of nitrogen functional groups attached to an aromatic ring is 1. The summed E-state index contributed by atoms with van der Waals surface area (Å²) in [6.07, 6.45) is -2.58. The van der Waals surface area contributed by atoms with Gasteiger partial charge >= 0.3 is 12.3 Å². The van der Waals surface area contributed by atoms with Crippen molar-refractivity contribution in [1.82, 2.24) is 9.78 Å². The van der Waals surface area contributed by atoms with Gasteiger partial charge in [-0.1, -0.05) is 0 Å². The first-order valence-corrected chi connectivity index (χ1v) is 3.37. The summed E-state index contributed by atoms with van der Waals surface area (Å²) in [5, 5.41) is 3.36. The van der Waals surface area contributed by atoms with Gasteiger partial charge in [-0.3, -0.25) is 4.68 Å². The topological polar surface area (TPSA) is 43.8 Å². The van der Waals surface area contributed by atoms with E-state index in [0.717, 1.165) is 6.20 Å². The zero-order chi connectivity index (χ0) is 10.1. The summed E-state index contributed by atoms with van der Waals surface area (Å²) in [7, 11) is 0. The highest BCUT2D eigenvalue weighted by molar-refractivity contribution is 5.23. The number of rotatable bonds is 3. The van der Waals surface area contributed by atoms with E-state index in [2.05, 4.69) is 5.10 Å². The molecule has 1 rings (SSSR count). The zero-order valence-corrected chi connectivity index (χ0v) is 6.42. The lowest BCUT2D eigenvalue weighted by Gasteiger charge is -2.14. The van der Waals surface area contributed by atoms with Crippen molar-refractivity contribution >= 4 is 5.82 Å². The highest BCUT2D eigenvalue weighted by atomic mass is 19.3. The maximum atomic E-state index is 12.4. The maximum Gasteiger partial charge on any atom is 0.326 e. The Kier molecular flexibility index (Phi) is 2.44. The molecule has 0 bridgehead atoms. The largest absolute Gasteiger partial charge is 0.382 e. The number of aromatic nitrogens is 2. The number of nitrogens with zero attached hydrogens (tertiary/aromatic N) is 2. The minimum atomic E-state index is -4.07. The lowest BCUT2D eigenvalue weighted by molar-refractivity contribution is -0.139. The predicted molar refractivity (Wildman–Crippen MR) is 37.6 cm³/mol. The number of nitrogens with two attached hydrogens (primary N) is 1. The van der Waals surface area contributed by atoms with Gasteiger partial charge < -0.3 is 5.73 Å². The maximum absolute atomic E-state index is 12.4. The Balaban J connectivity index is 2.68. The highest BCUT2D eigenvalue weighted by Gasteiger charge is 2.41. The summed E-state index contributed by atoms with van der Waals surface area (Å²) in [4.78, 5) is 0. The van der Waals surface area contributed by atoms with E-state index >= 15 is 0 Å². The van der Waals surface area contributed by atoms with Crippen LogP contribution in [0.5, 0.6) is 0 Å². The molecule has 13 heavy (non-hydrogen) atoms. The van der Waals surface area contributed by atoms with Gasteiger partial charge in [-0.15, -0.1) is 0 Å². The van der Waals surface area contributed by atoms with Crippen LogP contribution in [0.2, 0.25) is 0 Å². The fraction of sp³-hybridized carbons (Fsp3) is 0.500. The molecule has 0 saturated carbocycles. The van der Waals surface area contributed by atoms with Crippen molar-refractivity contribution in [1.29, 1.82) is 0 Å². The van der Waals surface area contributed by atoms with Crippen LogP contribution in [-0.2, 0) is 6.54 Å². The van der Waals surface area contributed by atoms with Gasteiger partial charge in [-0.05, 0) is 6.07 Å². The first kappa shape index (κ1) is 9.82. The van der Waals surface area contributed by atoms with Crippen molar-refractivity contribution in [2.24, 2.45) is 0 Å². The summed E-state index contributed by atoms with van der Waals surface area (Å²) >= 11 is 0. The first-order valence-electron chi connectivity index (χ1n) is 3.37. The molecule has 0 spiro atoms. The molecule has 1 heterocycles. The van der Waals surface area contributed by atoms with E-state index in [1.807, 2.05) is 0 Å². The number of anilines is 1. The van der Waals surface area contributed by atoms with Gasteiger partial charge in [0.25, 0.3) is 0 Å². The summed E-state index contributed by atoms with van der Waals surface area (Å²) in [6, 6.07) is 1.25. The van der Waals surface area contributed by atoms with Crippen molar-refractivity contribution in [3.63, 3.8) is 0 Å². The second-order valence-electron chi connectivity index (χ2n) is 2.50. The molecule has 0 aliphatic carbocycles. The van der Waals surface area contributed by atoms with Crippen LogP contribution in [0, 0.1) is 0 Å². The Morgan fingerprint density at radius 1 is 1.54 bits per heavy atom. The molecule has 0 aromatic carbocycles. The lowest BCUT2D eigenvalue weighted by atomic mass is 10.3. The molecule has 0 amide bonds. The van der Waals surface area contributed by atoms with E-state index in [1.54, 1.807) is 0 Å². The highest BCUT2D eigenvalue weighted by Crippen LogP contribution is 2.24. The van der Waals surface area contributed by atoms with E-state index in [-0.39, 0.29) is 5.82 Å². The third-order valence-electron chi connectivity index (χ3n) is 1.35. The number of halogens is 4. The lowest BCUT2D eigenvalue weighted by Crippen LogP contribution is -2.32. The fourth-order valence-corrected chi connectivity index (χ4v) is 0.750. The Morgan fingerprint density at radius 2 is 2.15 bits per heavy atom. The Morgan fingerprint density at radius 3 is 2.54 bits per heavy atom. The standard InChI is InChI=1S/C6H7F4N3/c7-5(8)6(9,10)3-13-2-1-4(11)12-13/h1-2,5H,3H2,(H2,11,12). The zero-order valence-electron chi connectivity index (χ0n) is 6.42. The first-order chi connectivity index (χ1) is 5.92. The SMILES string of the molecule is Nc1ccn(CC(F)(F)C(F)F)n1. The van der Waals surface area contributed by atoms with E-state index in [4.69, 9.17) is 5.73 Å². The van der Waals surface area contributed by atoms with Gasteiger partial charge in [0.05, 0.1) is 0 Å². The van der Waals surface area contributed by atoms with Crippen molar-refractivity contribution in [2.45, 2.75) is 18.9 Å². The Labute approximate surface area is 71.1 Å². The quantitative estimate of drug-likeness (QED) is 0.743. The molecule has 0 saturated heterocycles. The fourth-order valence-electron chi connectivity index (χ4n) is 0.750. The minimum Gasteiger partial charge on any atom is -0.382 e. The number of alkyl halides is 4. The normalized spacial score (nSPS) is 12.4. The van der Waals surface area contributed by atoms with Crippen molar-refractivity contribution < 1.29 is 17.6 Å². The van der Waals surface area contributed by atoms with Gasteiger partial charge in [0, 0.05) is 6.20 Å². The van der Waals surface area contributed by atoms with E-state index in [1.165, 1.54) is 6.07 Å². The van der Waals surface area contributed by atoms with Crippen LogP contribution in [0.25, 0.3) is 0 Å². The van der Waals surface area contributed by atoms with E-state index in [0.29, 0.717) is 4.68 Å². The van der Waals surface area contributed by atoms with Gasteiger partial charge in [0.15, 0.2) is 0 Å². The van der Waals surface area contributed by atoms with Crippen LogP contribution in [0.1, 0.15) is 0 Å².